The molecular formula is C12H16ClN3O. The molecule has 1 fully saturated rings. The van der Waals surface area contributed by atoms with E-state index in [1.165, 1.54) is 6.20 Å². The van der Waals surface area contributed by atoms with Crippen LogP contribution in [0.2, 0.25) is 5.02 Å². The number of aromatic nitrogens is 1. The Morgan fingerprint density at radius 3 is 2.88 bits per heavy atom. The van der Waals surface area contributed by atoms with Crippen molar-refractivity contribution in [1.29, 1.82) is 0 Å². The summed E-state index contributed by atoms with van der Waals surface area (Å²) in [4.78, 5) is 18.0. The van der Waals surface area contributed by atoms with Gasteiger partial charge < -0.3 is 10.6 Å². The number of nitrogens with two attached hydrogens (primary N) is 1. The Kier molecular flexibility index (Phi) is 3.64. The lowest BCUT2D eigenvalue weighted by Crippen LogP contribution is -2.49. The maximum absolute atomic E-state index is 12.2. The third-order valence-corrected chi connectivity index (χ3v) is 3.15. The molecule has 2 unspecified atom stereocenters. The van der Waals surface area contributed by atoms with Gasteiger partial charge in [0.2, 0.25) is 0 Å². The molecule has 5 heteroatoms. The molecule has 1 aliphatic heterocycles. The van der Waals surface area contributed by atoms with E-state index >= 15 is 0 Å². The Balaban J connectivity index is 2.11. The topological polar surface area (TPSA) is 59.2 Å². The lowest BCUT2D eigenvalue weighted by Gasteiger charge is -2.34. The van der Waals surface area contributed by atoms with Crippen molar-refractivity contribution in [1.82, 2.24) is 9.88 Å². The highest BCUT2D eigenvalue weighted by atomic mass is 35.5. The van der Waals surface area contributed by atoms with Crippen molar-refractivity contribution in [3.8, 4) is 0 Å². The summed E-state index contributed by atoms with van der Waals surface area (Å²) in [5.41, 5.74) is 6.35. The highest BCUT2D eigenvalue weighted by Crippen LogP contribution is 2.17. The zero-order chi connectivity index (χ0) is 12.4. The summed E-state index contributed by atoms with van der Waals surface area (Å²) < 4.78 is 0. The van der Waals surface area contributed by atoms with E-state index in [0.717, 1.165) is 13.0 Å². The van der Waals surface area contributed by atoms with Crippen molar-refractivity contribution in [3.63, 3.8) is 0 Å². The van der Waals surface area contributed by atoms with Gasteiger partial charge in [-0.15, -0.1) is 0 Å². The zero-order valence-corrected chi connectivity index (χ0v) is 10.5. The molecule has 1 aliphatic rings. The molecule has 2 N–H and O–H groups in total. The van der Waals surface area contributed by atoms with Gasteiger partial charge in [0.25, 0.3) is 5.91 Å². The van der Waals surface area contributed by atoms with Crippen molar-refractivity contribution in [3.05, 3.63) is 29.0 Å². The molecule has 92 valence electrons. The van der Waals surface area contributed by atoms with E-state index in [-0.39, 0.29) is 11.9 Å². The molecule has 0 radical (unpaired) electrons. The standard InChI is InChI=1S/C12H16ClN3O/c1-8-4-10(14)7-16(6-8)12(17)11-3-2-9(13)5-15-11/h2-3,5,8,10H,4,6-7,14H2,1H3. The van der Waals surface area contributed by atoms with Crippen LogP contribution in [0.25, 0.3) is 0 Å². The van der Waals surface area contributed by atoms with Crippen molar-refractivity contribution in [2.24, 2.45) is 11.7 Å². The van der Waals surface area contributed by atoms with Gasteiger partial charge in [-0.1, -0.05) is 18.5 Å². The van der Waals surface area contributed by atoms with E-state index in [0.29, 0.717) is 23.2 Å². The second-order valence-corrected chi connectivity index (χ2v) is 5.11. The summed E-state index contributed by atoms with van der Waals surface area (Å²) >= 11 is 5.74. The molecule has 2 atom stereocenters. The molecule has 1 aromatic heterocycles. The van der Waals surface area contributed by atoms with Gasteiger partial charge in [0.15, 0.2) is 0 Å². The first-order valence-corrected chi connectivity index (χ1v) is 6.10. The summed E-state index contributed by atoms with van der Waals surface area (Å²) in [5.74, 6) is 0.374. The first kappa shape index (κ1) is 12.3. The molecule has 0 aromatic carbocycles. The van der Waals surface area contributed by atoms with E-state index in [1.807, 2.05) is 0 Å². The molecule has 0 spiro atoms. The van der Waals surface area contributed by atoms with Crippen LogP contribution >= 0.6 is 11.6 Å². The summed E-state index contributed by atoms with van der Waals surface area (Å²) in [6.07, 6.45) is 2.46. The Hall–Kier alpha value is -1.13. The number of rotatable bonds is 1. The van der Waals surface area contributed by atoms with Crippen LogP contribution < -0.4 is 5.73 Å². The predicted molar refractivity (Wildman–Crippen MR) is 66.9 cm³/mol. The highest BCUT2D eigenvalue weighted by molar-refractivity contribution is 6.30. The summed E-state index contributed by atoms with van der Waals surface area (Å²) in [6.45, 7) is 3.46. The van der Waals surface area contributed by atoms with Gasteiger partial charge in [0.1, 0.15) is 5.69 Å². The lowest BCUT2D eigenvalue weighted by atomic mass is 9.96. The van der Waals surface area contributed by atoms with Crippen molar-refractivity contribution < 1.29 is 4.79 Å². The lowest BCUT2D eigenvalue weighted by molar-refractivity contribution is 0.0655. The summed E-state index contributed by atoms with van der Waals surface area (Å²) in [7, 11) is 0. The monoisotopic (exact) mass is 253 g/mol. The van der Waals surface area contributed by atoms with Crippen LogP contribution in [0.3, 0.4) is 0 Å². The first-order valence-electron chi connectivity index (χ1n) is 5.72. The SMILES string of the molecule is CC1CC(N)CN(C(=O)c2ccc(Cl)cn2)C1. The van der Waals surface area contributed by atoms with Crippen molar-refractivity contribution in [2.45, 2.75) is 19.4 Å². The quantitative estimate of drug-likeness (QED) is 0.826. The van der Waals surface area contributed by atoms with Crippen LogP contribution in [0.4, 0.5) is 0 Å². The van der Waals surface area contributed by atoms with E-state index in [4.69, 9.17) is 17.3 Å². The fourth-order valence-electron chi connectivity index (χ4n) is 2.23. The number of hydrogen-bond donors (Lipinski definition) is 1. The van der Waals surface area contributed by atoms with Gasteiger partial charge in [0, 0.05) is 25.3 Å². The van der Waals surface area contributed by atoms with Crippen molar-refractivity contribution >= 4 is 17.5 Å². The molecule has 0 saturated carbocycles. The number of pyridine rings is 1. The van der Waals surface area contributed by atoms with Gasteiger partial charge in [0.05, 0.1) is 5.02 Å². The number of piperidine rings is 1. The first-order chi connectivity index (χ1) is 8.06. The number of halogens is 1. The Bertz CT molecular complexity index is 397. The highest BCUT2D eigenvalue weighted by Gasteiger charge is 2.26. The Morgan fingerprint density at radius 2 is 2.29 bits per heavy atom. The van der Waals surface area contributed by atoms with E-state index in [1.54, 1.807) is 17.0 Å². The molecule has 17 heavy (non-hydrogen) atoms. The molecule has 2 rings (SSSR count). The number of hydrogen-bond acceptors (Lipinski definition) is 3. The van der Waals surface area contributed by atoms with E-state index < -0.39 is 0 Å². The smallest absolute Gasteiger partial charge is 0.272 e. The average molecular weight is 254 g/mol. The van der Waals surface area contributed by atoms with Crippen LogP contribution in [0.15, 0.2) is 18.3 Å². The zero-order valence-electron chi connectivity index (χ0n) is 9.77. The van der Waals surface area contributed by atoms with Crippen LogP contribution in [-0.2, 0) is 0 Å². The second kappa shape index (κ2) is 5.02. The van der Waals surface area contributed by atoms with Gasteiger partial charge in [-0.2, -0.15) is 0 Å². The average Bonchev–Trinajstić information content (AvgIpc) is 2.28. The third-order valence-electron chi connectivity index (χ3n) is 2.93. The molecule has 1 amide bonds. The molecule has 4 nitrogen and oxygen atoms in total. The van der Waals surface area contributed by atoms with Crippen LogP contribution in [0, 0.1) is 5.92 Å². The maximum atomic E-state index is 12.2. The van der Waals surface area contributed by atoms with Crippen molar-refractivity contribution in [2.75, 3.05) is 13.1 Å². The Labute approximate surface area is 106 Å². The number of likely N-dealkylation sites (tertiary alicyclic amines) is 1. The Morgan fingerprint density at radius 1 is 1.53 bits per heavy atom. The minimum Gasteiger partial charge on any atom is -0.335 e. The largest absolute Gasteiger partial charge is 0.335 e. The predicted octanol–water partition coefficient (Wildman–Crippen LogP) is 1.54. The molecule has 0 aliphatic carbocycles. The molecule has 1 aromatic rings. The van der Waals surface area contributed by atoms with Crippen LogP contribution in [-0.4, -0.2) is 34.9 Å². The fraction of sp³-hybridized carbons (Fsp3) is 0.500. The van der Waals surface area contributed by atoms with Crippen LogP contribution in [0.5, 0.6) is 0 Å². The van der Waals surface area contributed by atoms with Gasteiger partial charge >= 0.3 is 0 Å². The molecule has 0 bridgehead atoms. The minimum absolute atomic E-state index is 0.0648. The number of carbonyl (C=O) groups is 1. The van der Waals surface area contributed by atoms with Gasteiger partial charge in [-0.3, -0.25) is 4.79 Å². The van der Waals surface area contributed by atoms with Gasteiger partial charge in [-0.25, -0.2) is 4.98 Å². The van der Waals surface area contributed by atoms with Gasteiger partial charge in [-0.05, 0) is 24.5 Å². The molecular weight excluding hydrogens is 238 g/mol. The maximum Gasteiger partial charge on any atom is 0.272 e. The normalized spacial score (nSPS) is 24.8. The van der Waals surface area contributed by atoms with E-state index in [9.17, 15) is 4.79 Å². The number of nitrogens with zero attached hydrogens (tertiary/aromatic N) is 2. The molecule has 1 saturated heterocycles. The van der Waals surface area contributed by atoms with E-state index in [2.05, 4.69) is 11.9 Å². The number of carbonyl (C=O) groups excluding carboxylic acids is 1. The second-order valence-electron chi connectivity index (χ2n) is 4.67. The number of amides is 1. The fourth-order valence-corrected chi connectivity index (χ4v) is 2.34. The third kappa shape index (κ3) is 2.96. The summed E-state index contributed by atoms with van der Waals surface area (Å²) in [6, 6.07) is 3.39. The minimum atomic E-state index is -0.0660. The summed E-state index contributed by atoms with van der Waals surface area (Å²) in [5, 5.41) is 0.533. The molecule has 2 heterocycles. The van der Waals surface area contributed by atoms with Crippen LogP contribution in [0.1, 0.15) is 23.8 Å².